The molecule has 0 atom stereocenters. The summed E-state index contributed by atoms with van der Waals surface area (Å²) in [6.45, 7) is 15.1. The van der Waals surface area contributed by atoms with Gasteiger partial charge in [-0.05, 0) is 26.1 Å². The number of carbonyl (C=O) groups is 1. The maximum absolute atomic E-state index is 10.6. The van der Waals surface area contributed by atoms with Gasteiger partial charge in [0.05, 0.1) is 6.42 Å². The zero-order valence-electron chi connectivity index (χ0n) is 14.4. The lowest BCUT2D eigenvalue weighted by molar-refractivity contribution is -0.136. The normalized spacial score (nSPS) is 9.45. The summed E-state index contributed by atoms with van der Waals surface area (Å²) in [6.07, 6.45) is 0.000491. The van der Waals surface area contributed by atoms with Gasteiger partial charge in [-0.1, -0.05) is 52.0 Å². The van der Waals surface area contributed by atoms with Crippen LogP contribution in [0.5, 0.6) is 0 Å². The number of carboxylic acid groups (broad SMARTS) is 1. The van der Waals surface area contributed by atoms with Crippen molar-refractivity contribution >= 4 is 24.2 Å². The largest absolute Gasteiger partial charge is 0.481 e. The molecule has 0 amide bonds. The molecule has 1 rings (SSSR count). The highest BCUT2D eigenvalue weighted by Crippen LogP contribution is 2.07. The predicted molar refractivity (Wildman–Crippen MR) is 95.3 cm³/mol. The molecule has 122 valence electrons. The lowest BCUT2D eigenvalue weighted by Gasteiger charge is -2.01. The smallest absolute Gasteiger partial charge is 0.307 e. The third-order valence-corrected chi connectivity index (χ3v) is 2.06. The fourth-order valence-corrected chi connectivity index (χ4v) is 1.27. The molecule has 0 saturated heterocycles. The Morgan fingerprint density at radius 3 is 1.91 bits per heavy atom. The molecule has 1 N–H and O–H groups in total. The molecule has 0 spiro atoms. The van der Waals surface area contributed by atoms with E-state index in [0.29, 0.717) is 5.84 Å². The second-order valence-corrected chi connectivity index (χ2v) is 3.90. The average Bonchev–Trinajstić information content (AvgIpc) is 2.52. The molecular weight excluding hydrogens is 278 g/mol. The molecule has 0 radical (unpaired) electrons. The molecular formula is C17H27N3O2. The zero-order chi connectivity index (χ0) is 17.5. The molecule has 0 fully saturated rings. The van der Waals surface area contributed by atoms with E-state index in [1.807, 2.05) is 41.5 Å². The van der Waals surface area contributed by atoms with Crippen molar-refractivity contribution in [1.29, 1.82) is 0 Å². The van der Waals surface area contributed by atoms with Crippen LogP contribution in [0, 0.1) is 0 Å². The summed E-state index contributed by atoms with van der Waals surface area (Å²) in [5.74, 6) is -0.442. The van der Waals surface area contributed by atoms with Crippen LogP contribution in [0.1, 0.15) is 52.7 Å². The number of aliphatic imine (C=N–C) groups is 1. The minimum atomic E-state index is -0.857. The number of amidine groups is 1. The fraction of sp³-hybridized carbons (Fsp3) is 0.412. The Balaban J connectivity index is 0. The van der Waals surface area contributed by atoms with Crippen LogP contribution in [0.4, 0.5) is 0 Å². The van der Waals surface area contributed by atoms with Gasteiger partial charge >= 0.3 is 5.97 Å². The first-order valence-electron chi connectivity index (χ1n) is 7.39. The Kier molecular flexibility index (Phi) is 13.7. The van der Waals surface area contributed by atoms with E-state index in [4.69, 9.17) is 5.11 Å². The molecule has 0 unspecified atom stereocenters. The van der Waals surface area contributed by atoms with Crippen LogP contribution in [0.25, 0.3) is 0 Å². The lowest BCUT2D eigenvalue weighted by Crippen LogP contribution is -2.01. The Hall–Kier alpha value is -2.30. The van der Waals surface area contributed by atoms with E-state index < -0.39 is 5.97 Å². The highest BCUT2D eigenvalue weighted by Gasteiger charge is 2.03. The molecule has 0 aromatic heterocycles. The van der Waals surface area contributed by atoms with Crippen LogP contribution in [-0.4, -0.2) is 29.3 Å². The van der Waals surface area contributed by atoms with Gasteiger partial charge in [-0.3, -0.25) is 4.79 Å². The Bertz CT molecular complexity index is 499. The van der Waals surface area contributed by atoms with Crippen LogP contribution in [-0.2, 0) is 11.2 Å². The summed E-state index contributed by atoms with van der Waals surface area (Å²) in [4.78, 5) is 14.3. The summed E-state index contributed by atoms with van der Waals surface area (Å²) in [7, 11) is 0. The van der Waals surface area contributed by atoms with Gasteiger partial charge in [0.1, 0.15) is 0 Å². The van der Waals surface area contributed by atoms with E-state index in [-0.39, 0.29) is 6.42 Å². The van der Waals surface area contributed by atoms with Crippen LogP contribution in [0.15, 0.2) is 39.5 Å². The molecule has 0 saturated carbocycles. The first kappa shape index (κ1) is 22.0. The van der Waals surface area contributed by atoms with E-state index >= 15 is 0 Å². The van der Waals surface area contributed by atoms with Gasteiger partial charge in [0.2, 0.25) is 0 Å². The third-order valence-electron chi connectivity index (χ3n) is 2.06. The highest BCUT2D eigenvalue weighted by molar-refractivity contribution is 6.01. The fourth-order valence-electron chi connectivity index (χ4n) is 1.27. The SMILES string of the molecule is C=N/C(=N\N=C(C)C)c1ccc(CC(=O)O)cc1.CC.CC. The number of hydrogen-bond acceptors (Lipinski definition) is 3. The second kappa shape index (κ2) is 13.7. The molecule has 1 aromatic carbocycles. The number of aliphatic carboxylic acids is 1. The summed E-state index contributed by atoms with van der Waals surface area (Å²) < 4.78 is 0. The first-order valence-corrected chi connectivity index (χ1v) is 7.39. The molecule has 5 heteroatoms. The number of benzene rings is 1. The van der Waals surface area contributed by atoms with E-state index in [1.54, 1.807) is 24.3 Å². The van der Waals surface area contributed by atoms with Gasteiger partial charge in [-0.2, -0.15) is 5.10 Å². The lowest BCUT2D eigenvalue weighted by atomic mass is 10.1. The number of rotatable bonds is 4. The van der Waals surface area contributed by atoms with E-state index in [2.05, 4.69) is 21.9 Å². The van der Waals surface area contributed by atoms with Crippen LogP contribution < -0.4 is 0 Å². The van der Waals surface area contributed by atoms with Gasteiger partial charge in [0.25, 0.3) is 0 Å². The van der Waals surface area contributed by atoms with Crippen molar-refractivity contribution in [3.8, 4) is 0 Å². The van der Waals surface area contributed by atoms with E-state index in [0.717, 1.165) is 16.8 Å². The second-order valence-electron chi connectivity index (χ2n) is 3.90. The monoisotopic (exact) mass is 305 g/mol. The topological polar surface area (TPSA) is 74.4 Å². The predicted octanol–water partition coefficient (Wildman–Crippen LogP) is 4.21. The molecule has 0 aliphatic rings. The molecule has 22 heavy (non-hydrogen) atoms. The maximum atomic E-state index is 10.6. The molecule has 1 aromatic rings. The maximum Gasteiger partial charge on any atom is 0.307 e. The molecule has 0 aliphatic carbocycles. The van der Waals surface area contributed by atoms with Crippen LogP contribution >= 0.6 is 0 Å². The average molecular weight is 305 g/mol. The molecule has 0 bridgehead atoms. The first-order chi connectivity index (χ1) is 10.5. The van der Waals surface area contributed by atoms with Gasteiger partial charge in [0, 0.05) is 11.3 Å². The highest BCUT2D eigenvalue weighted by atomic mass is 16.4. The number of hydrogen-bond donors (Lipinski definition) is 1. The van der Waals surface area contributed by atoms with Crippen molar-refractivity contribution in [2.75, 3.05) is 0 Å². The minimum Gasteiger partial charge on any atom is -0.481 e. The van der Waals surface area contributed by atoms with Crippen molar-refractivity contribution in [1.82, 2.24) is 0 Å². The minimum absolute atomic E-state index is 0.000491. The summed E-state index contributed by atoms with van der Waals surface area (Å²) in [6, 6.07) is 6.97. The summed E-state index contributed by atoms with van der Waals surface area (Å²) in [5, 5.41) is 16.5. The zero-order valence-corrected chi connectivity index (χ0v) is 14.4. The Labute approximate surface area is 133 Å². The molecule has 0 heterocycles. The Morgan fingerprint density at radius 2 is 1.55 bits per heavy atom. The van der Waals surface area contributed by atoms with Crippen LogP contribution in [0.2, 0.25) is 0 Å². The standard InChI is InChI=1S/C13H15N3O2.2C2H6/c1-9(2)15-16-13(14-3)11-6-4-10(5-7-11)8-12(17)18;2*1-2/h4-7H,3,8H2,1-2H3,(H,17,18);2*1-2H3/b16-13-;;. The quantitative estimate of drug-likeness (QED) is 0.514. The molecule has 0 aliphatic heterocycles. The van der Waals surface area contributed by atoms with Crippen molar-refractivity contribution < 1.29 is 9.90 Å². The van der Waals surface area contributed by atoms with Crippen molar-refractivity contribution in [2.45, 2.75) is 48.0 Å². The summed E-state index contributed by atoms with van der Waals surface area (Å²) >= 11 is 0. The van der Waals surface area contributed by atoms with Gasteiger partial charge in [0.15, 0.2) is 5.84 Å². The van der Waals surface area contributed by atoms with Crippen molar-refractivity contribution in [3.05, 3.63) is 35.4 Å². The van der Waals surface area contributed by atoms with Gasteiger partial charge < -0.3 is 5.11 Å². The number of carboxylic acids is 1. The third kappa shape index (κ3) is 9.58. The number of nitrogens with zero attached hydrogens (tertiary/aromatic N) is 3. The summed E-state index contributed by atoms with van der Waals surface area (Å²) in [5.41, 5.74) is 2.30. The van der Waals surface area contributed by atoms with Gasteiger partial charge in [-0.25, -0.2) is 4.99 Å². The van der Waals surface area contributed by atoms with Crippen molar-refractivity contribution in [2.24, 2.45) is 15.2 Å². The van der Waals surface area contributed by atoms with Crippen molar-refractivity contribution in [3.63, 3.8) is 0 Å². The van der Waals surface area contributed by atoms with E-state index in [9.17, 15) is 4.79 Å². The van der Waals surface area contributed by atoms with Crippen LogP contribution in [0.3, 0.4) is 0 Å². The molecule has 5 nitrogen and oxygen atoms in total. The van der Waals surface area contributed by atoms with E-state index in [1.165, 1.54) is 0 Å². The Morgan fingerprint density at radius 1 is 1.05 bits per heavy atom. The van der Waals surface area contributed by atoms with Gasteiger partial charge in [-0.15, -0.1) is 5.10 Å².